The first-order valence-electron chi connectivity index (χ1n) is 3.58. The van der Waals surface area contributed by atoms with Gasteiger partial charge in [-0.15, -0.1) is 4.40 Å². The van der Waals surface area contributed by atoms with Crippen molar-refractivity contribution in [1.82, 2.24) is 5.32 Å². The number of nitrogens with one attached hydrogen (secondary N) is 1. The average molecular weight is 189 g/mol. The molecule has 0 aromatic rings. The number of rotatable bonds is 3. The highest BCUT2D eigenvalue weighted by molar-refractivity contribution is 7.94. The lowest BCUT2D eigenvalue weighted by atomic mass is 10.4. The van der Waals surface area contributed by atoms with Crippen LogP contribution in [0.4, 0.5) is 0 Å². The SMILES string of the molecule is CCNCC1=CC(N)=NS1(=O)=O. The summed E-state index contributed by atoms with van der Waals surface area (Å²) < 4.78 is 25.5. The molecule has 1 rings (SSSR count). The van der Waals surface area contributed by atoms with Crippen LogP contribution in [-0.2, 0) is 10.0 Å². The van der Waals surface area contributed by atoms with E-state index >= 15 is 0 Å². The lowest BCUT2D eigenvalue weighted by Crippen LogP contribution is -2.18. The first kappa shape index (κ1) is 9.21. The minimum atomic E-state index is -3.45. The van der Waals surface area contributed by atoms with Crippen LogP contribution >= 0.6 is 0 Å². The van der Waals surface area contributed by atoms with Gasteiger partial charge in [-0.1, -0.05) is 6.92 Å². The zero-order chi connectivity index (χ0) is 9.19. The van der Waals surface area contributed by atoms with Crippen LogP contribution in [0, 0.1) is 0 Å². The van der Waals surface area contributed by atoms with E-state index in [0.29, 0.717) is 13.1 Å². The molecule has 0 aliphatic carbocycles. The van der Waals surface area contributed by atoms with E-state index in [1.807, 2.05) is 6.92 Å². The van der Waals surface area contributed by atoms with Crippen molar-refractivity contribution in [2.24, 2.45) is 10.1 Å². The maximum absolute atomic E-state index is 11.1. The molecule has 3 N–H and O–H groups in total. The summed E-state index contributed by atoms with van der Waals surface area (Å²) in [6, 6.07) is 0. The van der Waals surface area contributed by atoms with Gasteiger partial charge in [0.25, 0.3) is 10.0 Å². The zero-order valence-corrected chi connectivity index (χ0v) is 7.56. The maximum atomic E-state index is 11.1. The van der Waals surface area contributed by atoms with Crippen molar-refractivity contribution in [3.8, 4) is 0 Å². The third kappa shape index (κ3) is 1.83. The van der Waals surface area contributed by atoms with Crippen LogP contribution in [0.2, 0.25) is 0 Å². The molecule has 0 aromatic heterocycles. The van der Waals surface area contributed by atoms with Gasteiger partial charge in [-0.2, -0.15) is 8.42 Å². The highest BCUT2D eigenvalue weighted by Gasteiger charge is 2.21. The van der Waals surface area contributed by atoms with E-state index in [1.54, 1.807) is 0 Å². The minimum Gasteiger partial charge on any atom is -0.383 e. The predicted molar refractivity (Wildman–Crippen MR) is 47.2 cm³/mol. The van der Waals surface area contributed by atoms with Crippen LogP contribution in [0.3, 0.4) is 0 Å². The van der Waals surface area contributed by atoms with Crippen molar-refractivity contribution in [3.05, 3.63) is 11.0 Å². The van der Waals surface area contributed by atoms with Gasteiger partial charge in [-0.05, 0) is 12.6 Å². The number of sulfonamides is 1. The second kappa shape index (κ2) is 3.24. The van der Waals surface area contributed by atoms with Crippen molar-refractivity contribution >= 4 is 15.9 Å². The second-order valence-corrected chi connectivity index (χ2v) is 4.04. The highest BCUT2D eigenvalue weighted by atomic mass is 32.2. The molecule has 1 aliphatic heterocycles. The monoisotopic (exact) mass is 189 g/mol. The Morgan fingerprint density at radius 2 is 2.33 bits per heavy atom. The molecular weight excluding hydrogens is 178 g/mol. The molecule has 5 nitrogen and oxygen atoms in total. The summed E-state index contributed by atoms with van der Waals surface area (Å²) in [7, 11) is -3.45. The predicted octanol–water partition coefficient (Wildman–Crippen LogP) is -0.820. The second-order valence-electron chi connectivity index (χ2n) is 2.38. The van der Waals surface area contributed by atoms with Gasteiger partial charge in [0.15, 0.2) is 0 Å². The number of hydrogen-bond acceptors (Lipinski definition) is 4. The van der Waals surface area contributed by atoms with Crippen LogP contribution in [-0.4, -0.2) is 27.3 Å². The molecule has 0 saturated carbocycles. The number of hydrogen-bond donors (Lipinski definition) is 2. The molecule has 0 unspecified atom stereocenters. The van der Waals surface area contributed by atoms with Crippen LogP contribution in [0.15, 0.2) is 15.4 Å². The fourth-order valence-corrected chi connectivity index (χ4v) is 1.86. The van der Waals surface area contributed by atoms with Gasteiger partial charge >= 0.3 is 0 Å². The molecule has 0 spiro atoms. The number of nitrogens with zero attached hydrogens (tertiary/aromatic N) is 1. The fraction of sp³-hybridized carbons (Fsp3) is 0.500. The van der Waals surface area contributed by atoms with Gasteiger partial charge in [-0.3, -0.25) is 0 Å². The first-order valence-corrected chi connectivity index (χ1v) is 5.02. The average Bonchev–Trinajstić information content (AvgIpc) is 2.20. The van der Waals surface area contributed by atoms with Crippen molar-refractivity contribution in [1.29, 1.82) is 0 Å². The van der Waals surface area contributed by atoms with Gasteiger partial charge < -0.3 is 11.1 Å². The van der Waals surface area contributed by atoms with Crippen LogP contribution in [0.5, 0.6) is 0 Å². The summed E-state index contributed by atoms with van der Waals surface area (Å²) in [6.07, 6.45) is 1.37. The Hall–Kier alpha value is -0.880. The van der Waals surface area contributed by atoms with Crippen molar-refractivity contribution in [3.63, 3.8) is 0 Å². The molecule has 1 heterocycles. The van der Waals surface area contributed by atoms with E-state index in [0.717, 1.165) is 0 Å². The number of amidine groups is 1. The molecule has 0 fully saturated rings. The Labute approximate surface area is 71.4 Å². The Kier molecular flexibility index (Phi) is 2.49. The number of nitrogens with two attached hydrogens (primary N) is 1. The van der Waals surface area contributed by atoms with E-state index in [2.05, 4.69) is 9.71 Å². The maximum Gasteiger partial charge on any atom is 0.281 e. The van der Waals surface area contributed by atoms with Crippen molar-refractivity contribution in [2.45, 2.75) is 6.92 Å². The lowest BCUT2D eigenvalue weighted by molar-refractivity contribution is 0.602. The molecule has 0 aromatic carbocycles. The molecule has 12 heavy (non-hydrogen) atoms. The molecule has 0 radical (unpaired) electrons. The van der Waals surface area contributed by atoms with E-state index in [-0.39, 0.29) is 10.7 Å². The van der Waals surface area contributed by atoms with E-state index in [9.17, 15) is 8.42 Å². The summed E-state index contributed by atoms with van der Waals surface area (Å²) in [4.78, 5) is 0.238. The first-order chi connectivity index (χ1) is 5.56. The quantitative estimate of drug-likeness (QED) is 0.607. The normalized spacial score (nSPS) is 20.4. The summed E-state index contributed by atoms with van der Waals surface area (Å²) in [5.41, 5.74) is 5.24. The van der Waals surface area contributed by atoms with Gasteiger partial charge in [0.05, 0.1) is 4.91 Å². The summed E-state index contributed by atoms with van der Waals surface area (Å²) in [5.74, 6) is 0.0582. The molecular formula is C6H11N3O2S. The molecule has 0 bridgehead atoms. The Morgan fingerprint density at radius 1 is 1.67 bits per heavy atom. The van der Waals surface area contributed by atoms with E-state index in [1.165, 1.54) is 6.08 Å². The highest BCUT2D eigenvalue weighted by Crippen LogP contribution is 2.13. The minimum absolute atomic E-state index is 0.0582. The van der Waals surface area contributed by atoms with Crippen LogP contribution < -0.4 is 11.1 Å². The lowest BCUT2D eigenvalue weighted by Gasteiger charge is -1.99. The molecule has 0 amide bonds. The van der Waals surface area contributed by atoms with E-state index < -0.39 is 10.0 Å². The van der Waals surface area contributed by atoms with Gasteiger partial charge in [0.2, 0.25) is 0 Å². The van der Waals surface area contributed by atoms with Gasteiger partial charge in [-0.25, -0.2) is 0 Å². The molecule has 6 heteroatoms. The Morgan fingerprint density at radius 3 is 2.75 bits per heavy atom. The summed E-state index contributed by atoms with van der Waals surface area (Å²) >= 11 is 0. The fourth-order valence-electron chi connectivity index (χ4n) is 0.854. The zero-order valence-electron chi connectivity index (χ0n) is 6.74. The van der Waals surface area contributed by atoms with E-state index in [4.69, 9.17) is 5.73 Å². The summed E-state index contributed by atoms with van der Waals surface area (Å²) in [6.45, 7) is 2.90. The molecule has 0 atom stereocenters. The van der Waals surface area contributed by atoms with Crippen molar-refractivity contribution < 1.29 is 8.42 Å². The topological polar surface area (TPSA) is 84.5 Å². The van der Waals surface area contributed by atoms with Crippen LogP contribution in [0.1, 0.15) is 6.92 Å². The molecule has 68 valence electrons. The third-order valence-electron chi connectivity index (χ3n) is 1.42. The summed E-state index contributed by atoms with van der Waals surface area (Å²) in [5, 5.41) is 2.89. The van der Waals surface area contributed by atoms with Crippen LogP contribution in [0.25, 0.3) is 0 Å². The van der Waals surface area contributed by atoms with Gasteiger partial charge in [0, 0.05) is 6.54 Å². The smallest absolute Gasteiger partial charge is 0.281 e. The van der Waals surface area contributed by atoms with Crippen molar-refractivity contribution in [2.75, 3.05) is 13.1 Å². The number of likely N-dealkylation sites (N-methyl/N-ethyl adjacent to an activating group) is 1. The standard InChI is InChI=1S/C6H11N3O2S/c1-2-8-4-5-3-6(7)9-12(5,10)11/h3,8H,2,4H2,1H3,(H2,7,9). The Balaban J connectivity index is 2.76. The largest absolute Gasteiger partial charge is 0.383 e. The Bertz CT molecular complexity index is 329. The van der Waals surface area contributed by atoms with Gasteiger partial charge in [0.1, 0.15) is 5.84 Å². The third-order valence-corrected chi connectivity index (χ3v) is 2.79. The molecule has 1 aliphatic rings. The molecule has 0 saturated heterocycles.